The van der Waals surface area contributed by atoms with Gasteiger partial charge in [-0.2, -0.15) is 10.5 Å². The van der Waals surface area contributed by atoms with E-state index >= 15 is 0 Å². The van der Waals surface area contributed by atoms with Crippen molar-refractivity contribution in [3.8, 4) is 40.5 Å². The third kappa shape index (κ3) is 6.18. The van der Waals surface area contributed by atoms with Gasteiger partial charge >= 0.3 is 0 Å². The molecule has 1 aliphatic heterocycles. The zero-order valence-electron chi connectivity index (χ0n) is 22.6. The molecule has 1 aliphatic rings. The Hall–Kier alpha value is -4.42. The van der Waals surface area contributed by atoms with Gasteiger partial charge in [-0.15, -0.1) is 0 Å². The number of benzene rings is 2. The fourth-order valence-electron chi connectivity index (χ4n) is 4.36. The third-order valence-corrected chi connectivity index (χ3v) is 7.38. The Morgan fingerprint density at radius 1 is 1.05 bits per heavy atom. The molecule has 1 saturated heterocycles. The number of rotatable bonds is 8. The predicted molar refractivity (Wildman–Crippen MR) is 150 cm³/mol. The number of hydrogen-bond donors (Lipinski definition) is 1. The first-order valence-corrected chi connectivity index (χ1v) is 13.7. The maximum absolute atomic E-state index is 13.3. The summed E-state index contributed by atoms with van der Waals surface area (Å²) in [4.78, 5) is 8.91. The highest BCUT2D eigenvalue weighted by Crippen LogP contribution is 2.38. The van der Waals surface area contributed by atoms with Crippen molar-refractivity contribution < 1.29 is 23.0 Å². The maximum Gasteiger partial charge on any atom is 0.226 e. The molecule has 0 amide bonds. The number of anilines is 1. The van der Waals surface area contributed by atoms with E-state index in [1.54, 1.807) is 43.3 Å². The average molecular weight is 572 g/mol. The molecule has 2 N–H and O–H groups in total. The molecule has 3 heterocycles. The van der Waals surface area contributed by atoms with E-state index in [4.69, 9.17) is 24.4 Å². The van der Waals surface area contributed by atoms with Crippen molar-refractivity contribution in [1.82, 2.24) is 9.97 Å². The Labute approximate surface area is 240 Å². The van der Waals surface area contributed by atoms with Gasteiger partial charge in [-0.05, 0) is 62.7 Å². The molecule has 0 saturated carbocycles. The lowest BCUT2D eigenvalue weighted by atomic mass is 9.97. The Bertz CT molecular complexity index is 1660. The van der Waals surface area contributed by atoms with Crippen LogP contribution in [0.5, 0.6) is 5.75 Å². The van der Waals surface area contributed by atoms with Crippen LogP contribution in [0.25, 0.3) is 22.6 Å². The summed E-state index contributed by atoms with van der Waals surface area (Å²) in [5.41, 5.74) is 8.84. The van der Waals surface area contributed by atoms with Crippen LogP contribution in [0.2, 0.25) is 0 Å². The number of aromatic nitrogens is 2. The van der Waals surface area contributed by atoms with Crippen LogP contribution in [0.4, 0.5) is 10.2 Å². The highest BCUT2D eigenvalue weighted by molar-refractivity contribution is 7.98. The Morgan fingerprint density at radius 3 is 2.37 bits per heavy atom. The number of ether oxygens (including phenoxy) is 3. The van der Waals surface area contributed by atoms with Crippen molar-refractivity contribution >= 4 is 17.6 Å². The average Bonchev–Trinajstić information content (AvgIpc) is 3.51. The lowest BCUT2D eigenvalue weighted by Crippen LogP contribution is -2.25. The summed E-state index contributed by atoms with van der Waals surface area (Å²) in [6, 6.07) is 17.2. The van der Waals surface area contributed by atoms with Gasteiger partial charge in [0.25, 0.3) is 0 Å². The molecule has 2 aromatic heterocycles. The van der Waals surface area contributed by atoms with Crippen molar-refractivity contribution in [2.45, 2.75) is 43.4 Å². The lowest BCUT2D eigenvalue weighted by molar-refractivity contribution is -0.141. The summed E-state index contributed by atoms with van der Waals surface area (Å²) in [6.07, 6.45) is -0.181. The quantitative estimate of drug-likeness (QED) is 0.250. The number of nitriles is 2. The van der Waals surface area contributed by atoms with E-state index in [1.165, 1.54) is 23.9 Å². The number of thioether (sulfide) groups is 1. The number of aryl methyl sites for hydroxylation is 1. The van der Waals surface area contributed by atoms with Crippen LogP contribution >= 0.6 is 11.8 Å². The summed E-state index contributed by atoms with van der Waals surface area (Å²) in [5, 5.41) is 20.4. The minimum absolute atomic E-state index is 0.0224. The Morgan fingerprint density at radius 2 is 1.73 bits per heavy atom. The van der Waals surface area contributed by atoms with Crippen LogP contribution in [0.1, 0.15) is 36.4 Å². The molecule has 0 bridgehead atoms. The third-order valence-electron chi connectivity index (χ3n) is 6.39. The number of pyridine rings is 1. The summed E-state index contributed by atoms with van der Waals surface area (Å²) >= 11 is 1.26. The van der Waals surface area contributed by atoms with Gasteiger partial charge in [0.05, 0.1) is 17.9 Å². The van der Waals surface area contributed by atoms with Crippen molar-refractivity contribution in [2.75, 3.05) is 18.9 Å². The largest absolute Gasteiger partial charge is 0.491 e. The molecule has 1 fully saturated rings. The number of nitrogen functional groups attached to an aromatic ring is 1. The van der Waals surface area contributed by atoms with E-state index in [0.29, 0.717) is 63.8 Å². The van der Waals surface area contributed by atoms with Crippen LogP contribution in [0.15, 0.2) is 58.0 Å². The van der Waals surface area contributed by atoms with Crippen LogP contribution < -0.4 is 10.5 Å². The summed E-state index contributed by atoms with van der Waals surface area (Å²) < 4.78 is 36.3. The smallest absolute Gasteiger partial charge is 0.226 e. The first kappa shape index (κ1) is 28.1. The molecule has 5 rings (SSSR count). The van der Waals surface area contributed by atoms with Gasteiger partial charge in [-0.3, -0.25) is 0 Å². The molecule has 0 spiro atoms. The Kier molecular flexibility index (Phi) is 7.95. The molecule has 2 aromatic carbocycles. The molecule has 0 unspecified atom stereocenters. The first-order chi connectivity index (χ1) is 19.7. The number of halogens is 1. The molecule has 208 valence electrons. The lowest BCUT2D eigenvalue weighted by Gasteiger charge is -2.17. The van der Waals surface area contributed by atoms with E-state index < -0.39 is 5.79 Å². The molecular formula is C30H26FN5O4S. The molecular weight excluding hydrogens is 545 g/mol. The predicted octanol–water partition coefficient (Wildman–Crippen LogP) is 6.00. The second kappa shape index (κ2) is 11.6. The first-order valence-electron chi connectivity index (χ1n) is 12.7. The maximum atomic E-state index is 13.3. The van der Waals surface area contributed by atoms with Gasteiger partial charge in [0.15, 0.2) is 5.79 Å². The van der Waals surface area contributed by atoms with Crippen LogP contribution in [0.3, 0.4) is 0 Å². The monoisotopic (exact) mass is 571 g/mol. The topological polar surface area (TPSA) is 140 Å². The number of nitrogens with two attached hydrogens (primary N) is 1. The summed E-state index contributed by atoms with van der Waals surface area (Å²) in [6.45, 7) is 6.26. The second-order valence-corrected chi connectivity index (χ2v) is 10.7. The molecule has 4 aromatic rings. The fraction of sp³-hybridized carbons (Fsp3) is 0.267. The van der Waals surface area contributed by atoms with E-state index in [1.807, 2.05) is 13.8 Å². The molecule has 0 aliphatic carbocycles. The number of hydrogen-bond acceptors (Lipinski definition) is 10. The Balaban J connectivity index is 1.37. The number of nitrogens with zero attached hydrogens (tertiary/aromatic N) is 4. The van der Waals surface area contributed by atoms with Crippen LogP contribution in [0, 0.1) is 35.4 Å². The van der Waals surface area contributed by atoms with Crippen LogP contribution in [-0.2, 0) is 15.2 Å². The second-order valence-electron chi connectivity index (χ2n) is 9.75. The van der Waals surface area contributed by atoms with Crippen molar-refractivity contribution in [3.63, 3.8) is 0 Å². The fourth-order valence-corrected chi connectivity index (χ4v) is 5.35. The van der Waals surface area contributed by atoms with E-state index in [2.05, 4.69) is 22.1 Å². The van der Waals surface area contributed by atoms with Gasteiger partial charge in [0.1, 0.15) is 58.6 Å². The minimum Gasteiger partial charge on any atom is -0.491 e. The van der Waals surface area contributed by atoms with Gasteiger partial charge < -0.3 is 24.4 Å². The van der Waals surface area contributed by atoms with E-state index in [-0.39, 0.29) is 28.9 Å². The molecule has 0 radical (unpaired) electrons. The molecule has 41 heavy (non-hydrogen) atoms. The molecule has 1 atom stereocenters. The highest BCUT2D eigenvalue weighted by atomic mass is 32.2. The van der Waals surface area contributed by atoms with Crippen molar-refractivity contribution in [2.24, 2.45) is 0 Å². The van der Waals surface area contributed by atoms with Crippen LogP contribution in [-0.4, -0.2) is 35.1 Å². The minimum atomic E-state index is -0.631. The van der Waals surface area contributed by atoms with E-state index in [9.17, 15) is 14.9 Å². The van der Waals surface area contributed by atoms with Gasteiger partial charge in [0, 0.05) is 16.9 Å². The standard InChI is InChI=1S/C30H26FN5O4S/c1-17-25(35-28(39-17)19-4-8-20(31)9-5-19)16-41-29-24(13-33)26(23(12-32)27(34)36-29)18-6-10-21(11-7-18)37-14-22-15-38-30(2,3)40-22/h4-11,22H,14-16H2,1-3H3,(H2,34,36)/t22-/m1/s1. The zero-order valence-corrected chi connectivity index (χ0v) is 23.4. The zero-order chi connectivity index (χ0) is 29.1. The van der Waals surface area contributed by atoms with Crippen molar-refractivity contribution in [1.29, 1.82) is 10.5 Å². The number of oxazole rings is 1. The molecule has 9 nitrogen and oxygen atoms in total. The van der Waals surface area contributed by atoms with Gasteiger partial charge in [-0.25, -0.2) is 14.4 Å². The summed E-state index contributed by atoms with van der Waals surface area (Å²) in [5.74, 6) is 0.934. The SMILES string of the molecule is Cc1oc(-c2ccc(F)cc2)nc1CSc1nc(N)c(C#N)c(-c2ccc(OC[C@@H]3COC(C)(C)O3)cc2)c1C#N. The van der Waals surface area contributed by atoms with Gasteiger partial charge in [-0.1, -0.05) is 23.9 Å². The normalized spacial score (nSPS) is 15.8. The summed E-state index contributed by atoms with van der Waals surface area (Å²) in [7, 11) is 0. The van der Waals surface area contributed by atoms with Gasteiger partial charge in [0.2, 0.25) is 5.89 Å². The molecule has 11 heteroatoms. The van der Waals surface area contributed by atoms with E-state index in [0.717, 1.165) is 0 Å². The van der Waals surface area contributed by atoms with Crippen molar-refractivity contribution in [3.05, 3.63) is 76.9 Å². The highest BCUT2D eigenvalue weighted by Gasteiger charge is 2.33.